The number of likely N-dealkylation sites (tertiary alicyclic amines) is 1. The van der Waals surface area contributed by atoms with Crippen LogP contribution in [0.3, 0.4) is 0 Å². The van der Waals surface area contributed by atoms with Crippen molar-refractivity contribution in [3.63, 3.8) is 0 Å². The maximum Gasteiger partial charge on any atom is 0.263 e. The van der Waals surface area contributed by atoms with Gasteiger partial charge in [0.05, 0.1) is 6.54 Å². The van der Waals surface area contributed by atoms with E-state index >= 15 is 0 Å². The zero-order valence-corrected chi connectivity index (χ0v) is 11.6. The predicted molar refractivity (Wildman–Crippen MR) is 70.0 cm³/mol. The molecule has 2 aliphatic heterocycles. The molecule has 0 aromatic carbocycles. The number of nitrogens with one attached hydrogen (secondary N) is 1. The Morgan fingerprint density at radius 2 is 1.89 bits per heavy atom. The van der Waals surface area contributed by atoms with Crippen LogP contribution in [0.1, 0.15) is 39.5 Å². The summed E-state index contributed by atoms with van der Waals surface area (Å²) in [4.78, 5) is 2.46. The van der Waals surface area contributed by atoms with E-state index < -0.39 is 11.8 Å². The largest absolute Gasteiger partial charge is 0.311 e. The Morgan fingerprint density at radius 1 is 1.22 bits per heavy atom. The molecule has 18 heavy (non-hydrogen) atoms. The average molecular weight is 260 g/mol. The van der Waals surface area contributed by atoms with Gasteiger partial charge in [-0.3, -0.25) is 0 Å². The molecule has 0 amide bonds. The second-order valence-corrected chi connectivity index (χ2v) is 6.23. The highest BCUT2D eigenvalue weighted by Gasteiger charge is 2.42. The van der Waals surface area contributed by atoms with Gasteiger partial charge in [-0.1, -0.05) is 0 Å². The van der Waals surface area contributed by atoms with Crippen LogP contribution < -0.4 is 5.32 Å². The molecular formula is C14H26F2N2. The Kier molecular flexibility index (Phi) is 4.59. The first-order valence-electron chi connectivity index (χ1n) is 7.31. The van der Waals surface area contributed by atoms with Crippen molar-refractivity contribution in [3.05, 3.63) is 0 Å². The van der Waals surface area contributed by atoms with Crippen molar-refractivity contribution in [2.45, 2.75) is 51.5 Å². The molecule has 2 heterocycles. The zero-order chi connectivity index (χ0) is 13.2. The Bertz CT molecular complexity index is 261. The number of alkyl halides is 2. The highest BCUT2D eigenvalue weighted by Crippen LogP contribution is 2.36. The first kappa shape index (κ1) is 14.2. The minimum absolute atomic E-state index is 0.123. The van der Waals surface area contributed by atoms with Gasteiger partial charge < -0.3 is 10.2 Å². The number of halogens is 2. The minimum Gasteiger partial charge on any atom is -0.311 e. The van der Waals surface area contributed by atoms with E-state index in [1.54, 1.807) is 0 Å². The molecule has 2 aliphatic rings. The zero-order valence-electron chi connectivity index (χ0n) is 11.6. The molecule has 0 aromatic heterocycles. The highest BCUT2D eigenvalue weighted by molar-refractivity contribution is 4.87. The van der Waals surface area contributed by atoms with Gasteiger partial charge in [0.1, 0.15) is 0 Å². The topological polar surface area (TPSA) is 15.3 Å². The third-order valence-corrected chi connectivity index (χ3v) is 4.62. The Labute approximate surface area is 109 Å². The summed E-state index contributed by atoms with van der Waals surface area (Å²) in [7, 11) is 0. The van der Waals surface area contributed by atoms with Crippen LogP contribution in [0.5, 0.6) is 0 Å². The monoisotopic (exact) mass is 260 g/mol. The lowest BCUT2D eigenvalue weighted by atomic mass is 9.81. The predicted octanol–water partition coefficient (Wildman–Crippen LogP) is 2.74. The Morgan fingerprint density at radius 3 is 2.44 bits per heavy atom. The normalized spacial score (nSPS) is 30.8. The molecule has 2 fully saturated rings. The molecule has 0 bridgehead atoms. The molecule has 2 rings (SSSR count). The van der Waals surface area contributed by atoms with E-state index in [2.05, 4.69) is 24.1 Å². The number of piperidine rings is 2. The van der Waals surface area contributed by atoms with Gasteiger partial charge in [0.25, 0.3) is 5.92 Å². The quantitative estimate of drug-likeness (QED) is 0.839. The number of hydrogen-bond donors (Lipinski definition) is 1. The first-order valence-corrected chi connectivity index (χ1v) is 7.31. The third kappa shape index (κ3) is 3.41. The molecule has 1 N–H and O–H groups in total. The van der Waals surface area contributed by atoms with Crippen LogP contribution in [0.15, 0.2) is 0 Å². The summed E-state index contributed by atoms with van der Waals surface area (Å²) in [5, 5.41) is 2.81. The molecule has 0 aliphatic carbocycles. The lowest BCUT2D eigenvalue weighted by molar-refractivity contribution is -0.0833. The molecule has 106 valence electrons. The average Bonchev–Trinajstić information content (AvgIpc) is 2.32. The van der Waals surface area contributed by atoms with Gasteiger partial charge in [0, 0.05) is 12.0 Å². The standard InChI is InChI=1S/C14H26F2N2/c1-11(2)18-7-4-12(5-8-18)9-13-3-6-17-10-14(13,15)16/h11-13,17H,3-10H2,1-2H3. The van der Waals surface area contributed by atoms with E-state index in [1.165, 1.54) is 0 Å². The molecular weight excluding hydrogens is 234 g/mol. The van der Waals surface area contributed by atoms with Crippen molar-refractivity contribution in [1.82, 2.24) is 10.2 Å². The van der Waals surface area contributed by atoms with Crippen LogP contribution in [0.2, 0.25) is 0 Å². The smallest absolute Gasteiger partial charge is 0.263 e. The molecule has 1 atom stereocenters. The summed E-state index contributed by atoms with van der Waals surface area (Å²) in [6.45, 7) is 7.22. The summed E-state index contributed by atoms with van der Waals surface area (Å²) >= 11 is 0. The molecule has 2 saturated heterocycles. The number of hydrogen-bond acceptors (Lipinski definition) is 2. The van der Waals surface area contributed by atoms with Gasteiger partial charge in [-0.15, -0.1) is 0 Å². The van der Waals surface area contributed by atoms with Crippen molar-refractivity contribution in [1.29, 1.82) is 0 Å². The number of rotatable bonds is 3. The lowest BCUT2D eigenvalue weighted by Gasteiger charge is -2.38. The van der Waals surface area contributed by atoms with Crippen molar-refractivity contribution >= 4 is 0 Å². The van der Waals surface area contributed by atoms with Crippen molar-refractivity contribution in [2.75, 3.05) is 26.2 Å². The third-order valence-electron chi connectivity index (χ3n) is 4.62. The molecule has 0 spiro atoms. The van der Waals surface area contributed by atoms with Gasteiger partial charge in [0.15, 0.2) is 0 Å². The van der Waals surface area contributed by atoms with E-state index in [0.29, 0.717) is 18.4 Å². The van der Waals surface area contributed by atoms with Crippen molar-refractivity contribution in [3.8, 4) is 0 Å². The fourth-order valence-corrected chi connectivity index (χ4v) is 3.28. The van der Waals surface area contributed by atoms with Crippen LogP contribution in [-0.2, 0) is 0 Å². The van der Waals surface area contributed by atoms with E-state index in [9.17, 15) is 8.78 Å². The van der Waals surface area contributed by atoms with E-state index in [0.717, 1.165) is 38.9 Å². The van der Waals surface area contributed by atoms with E-state index in [-0.39, 0.29) is 6.54 Å². The first-order chi connectivity index (χ1) is 8.49. The SMILES string of the molecule is CC(C)N1CCC(CC2CCNCC2(F)F)CC1. The summed E-state index contributed by atoms with van der Waals surface area (Å²) < 4.78 is 27.5. The molecule has 4 heteroatoms. The van der Waals surface area contributed by atoms with Gasteiger partial charge in [0.2, 0.25) is 0 Å². The van der Waals surface area contributed by atoms with Gasteiger partial charge in [-0.25, -0.2) is 8.78 Å². The van der Waals surface area contributed by atoms with E-state index in [4.69, 9.17) is 0 Å². The van der Waals surface area contributed by atoms with Crippen LogP contribution in [-0.4, -0.2) is 43.0 Å². The fraction of sp³-hybridized carbons (Fsp3) is 1.00. The van der Waals surface area contributed by atoms with Gasteiger partial charge in [-0.05, 0) is 65.1 Å². The van der Waals surface area contributed by atoms with Crippen molar-refractivity contribution < 1.29 is 8.78 Å². The van der Waals surface area contributed by atoms with Crippen LogP contribution >= 0.6 is 0 Å². The minimum atomic E-state index is -2.49. The van der Waals surface area contributed by atoms with Crippen LogP contribution in [0.4, 0.5) is 8.78 Å². The van der Waals surface area contributed by atoms with E-state index in [1.807, 2.05) is 0 Å². The van der Waals surface area contributed by atoms with Gasteiger partial charge >= 0.3 is 0 Å². The molecule has 2 nitrogen and oxygen atoms in total. The molecule has 1 unspecified atom stereocenters. The maximum atomic E-state index is 13.8. The Balaban J connectivity index is 1.80. The summed E-state index contributed by atoms with van der Waals surface area (Å²) in [6.07, 6.45) is 3.55. The fourth-order valence-electron chi connectivity index (χ4n) is 3.28. The number of nitrogens with zero attached hydrogens (tertiary/aromatic N) is 1. The summed E-state index contributed by atoms with van der Waals surface area (Å²) in [5.41, 5.74) is 0. The Hall–Kier alpha value is -0.220. The van der Waals surface area contributed by atoms with Crippen molar-refractivity contribution in [2.24, 2.45) is 11.8 Å². The molecule has 0 radical (unpaired) electrons. The summed E-state index contributed by atoms with van der Waals surface area (Å²) in [5.74, 6) is -2.38. The van der Waals surface area contributed by atoms with Crippen LogP contribution in [0.25, 0.3) is 0 Å². The second-order valence-electron chi connectivity index (χ2n) is 6.23. The highest BCUT2D eigenvalue weighted by atomic mass is 19.3. The molecule has 0 aromatic rings. The lowest BCUT2D eigenvalue weighted by Crippen LogP contribution is -2.47. The van der Waals surface area contributed by atoms with Crippen LogP contribution in [0, 0.1) is 11.8 Å². The molecule has 0 saturated carbocycles. The second kappa shape index (κ2) is 5.83. The summed E-state index contributed by atoms with van der Waals surface area (Å²) in [6, 6.07) is 0.589. The van der Waals surface area contributed by atoms with Gasteiger partial charge in [-0.2, -0.15) is 0 Å². The maximum absolute atomic E-state index is 13.8.